The van der Waals surface area contributed by atoms with E-state index in [9.17, 15) is 19.8 Å². The average Bonchev–Trinajstić information content (AvgIpc) is 2.75. The van der Waals surface area contributed by atoms with E-state index in [1.54, 1.807) is 4.90 Å². The van der Waals surface area contributed by atoms with Crippen LogP contribution < -0.4 is 0 Å². The number of aliphatic hydroxyl groups is 1. The molecule has 4 aliphatic rings. The van der Waals surface area contributed by atoms with Gasteiger partial charge in [-0.1, -0.05) is 0 Å². The van der Waals surface area contributed by atoms with Crippen molar-refractivity contribution in [3.63, 3.8) is 0 Å². The minimum atomic E-state index is -0.862. The van der Waals surface area contributed by atoms with E-state index in [4.69, 9.17) is 4.74 Å². The van der Waals surface area contributed by atoms with Gasteiger partial charge in [0.1, 0.15) is 5.41 Å². The predicted octanol–water partition coefficient (Wildman–Crippen LogP) is -0.00640. The van der Waals surface area contributed by atoms with Crippen LogP contribution in [0.4, 0.5) is 0 Å². The number of hydrogen-bond donors (Lipinski definition) is 2. The van der Waals surface area contributed by atoms with Crippen LogP contribution in [0.5, 0.6) is 0 Å². The standard InChI is InChI=1S/C13H19NO5/c1-9(16)14-4-2-13(3-5-14)12(10(17)18)6-11(7-12,8-15)19-13/h15H,2-8H2,1H3,(H,17,18). The van der Waals surface area contributed by atoms with Crippen LogP contribution in [0.25, 0.3) is 0 Å². The first-order chi connectivity index (χ1) is 8.89. The highest BCUT2D eigenvalue weighted by Crippen LogP contribution is 2.69. The molecule has 0 aromatic heterocycles. The van der Waals surface area contributed by atoms with Crippen molar-refractivity contribution in [1.29, 1.82) is 0 Å². The van der Waals surface area contributed by atoms with Gasteiger partial charge >= 0.3 is 5.97 Å². The van der Waals surface area contributed by atoms with Gasteiger partial charge in [-0.05, 0) is 25.7 Å². The summed E-state index contributed by atoms with van der Waals surface area (Å²) in [5.74, 6) is -0.813. The topological polar surface area (TPSA) is 87.1 Å². The molecule has 1 amide bonds. The summed E-state index contributed by atoms with van der Waals surface area (Å²) in [7, 11) is 0. The Kier molecular flexibility index (Phi) is 2.51. The van der Waals surface area contributed by atoms with E-state index in [1.807, 2.05) is 0 Å². The summed E-state index contributed by atoms with van der Waals surface area (Å²) in [6.07, 6.45) is 1.87. The molecule has 0 radical (unpaired) electrons. The Morgan fingerprint density at radius 3 is 2.26 bits per heavy atom. The first-order valence-corrected chi connectivity index (χ1v) is 6.69. The Hall–Kier alpha value is -1.14. The van der Waals surface area contributed by atoms with Crippen LogP contribution in [0.3, 0.4) is 0 Å². The summed E-state index contributed by atoms with van der Waals surface area (Å²) >= 11 is 0. The second-order valence-electron chi connectivity index (χ2n) is 6.18. The van der Waals surface area contributed by atoms with Gasteiger partial charge in [0.2, 0.25) is 5.91 Å². The second-order valence-corrected chi connectivity index (χ2v) is 6.18. The van der Waals surface area contributed by atoms with Crippen LogP contribution in [0.15, 0.2) is 0 Å². The molecule has 6 heteroatoms. The molecular weight excluding hydrogens is 250 g/mol. The maximum Gasteiger partial charge on any atom is 0.312 e. The van der Waals surface area contributed by atoms with Gasteiger partial charge in [-0.3, -0.25) is 9.59 Å². The molecular formula is C13H19NO5. The van der Waals surface area contributed by atoms with E-state index >= 15 is 0 Å². The molecule has 19 heavy (non-hydrogen) atoms. The lowest BCUT2D eigenvalue weighted by Crippen LogP contribution is -2.58. The Morgan fingerprint density at radius 2 is 1.84 bits per heavy atom. The van der Waals surface area contributed by atoms with Gasteiger partial charge in [0, 0.05) is 20.0 Å². The first-order valence-electron chi connectivity index (χ1n) is 6.69. The fraction of sp³-hybridized carbons (Fsp3) is 0.846. The van der Waals surface area contributed by atoms with Crippen molar-refractivity contribution in [2.45, 2.75) is 43.8 Å². The maximum atomic E-state index is 11.7. The number of carboxylic acid groups (broad SMARTS) is 1. The smallest absolute Gasteiger partial charge is 0.312 e. The number of hydrogen-bond acceptors (Lipinski definition) is 4. The number of aliphatic hydroxyl groups excluding tert-OH is 1. The second kappa shape index (κ2) is 3.70. The van der Waals surface area contributed by atoms with E-state index in [0.29, 0.717) is 38.8 Å². The van der Waals surface area contributed by atoms with Gasteiger partial charge in [-0.25, -0.2) is 0 Å². The Bertz CT molecular complexity index is 432. The largest absolute Gasteiger partial charge is 0.481 e. The highest BCUT2D eigenvalue weighted by molar-refractivity contribution is 5.80. The number of ether oxygens (including phenoxy) is 1. The molecule has 6 nitrogen and oxygen atoms in total. The zero-order chi connectivity index (χ0) is 13.9. The van der Waals surface area contributed by atoms with Crippen molar-refractivity contribution in [2.24, 2.45) is 5.41 Å². The summed E-state index contributed by atoms with van der Waals surface area (Å²) < 4.78 is 6.02. The third-order valence-electron chi connectivity index (χ3n) is 5.25. The van der Waals surface area contributed by atoms with Crippen molar-refractivity contribution >= 4 is 11.9 Å². The summed E-state index contributed by atoms with van der Waals surface area (Å²) in [5, 5.41) is 19.0. The summed E-state index contributed by atoms with van der Waals surface area (Å²) in [4.78, 5) is 24.7. The number of rotatable bonds is 2. The van der Waals surface area contributed by atoms with Crippen LogP contribution in [0.1, 0.15) is 32.6 Å². The van der Waals surface area contributed by atoms with Gasteiger partial charge in [-0.2, -0.15) is 0 Å². The molecule has 1 spiro atoms. The minimum Gasteiger partial charge on any atom is -0.481 e. The van der Waals surface area contributed by atoms with Crippen molar-refractivity contribution in [3.8, 4) is 0 Å². The molecule has 3 heterocycles. The molecule has 1 saturated carbocycles. The average molecular weight is 269 g/mol. The number of carbonyl (C=O) groups is 2. The lowest BCUT2D eigenvalue weighted by atomic mass is 9.54. The zero-order valence-corrected chi connectivity index (χ0v) is 11.0. The predicted molar refractivity (Wildman–Crippen MR) is 64.4 cm³/mol. The third kappa shape index (κ3) is 1.44. The van der Waals surface area contributed by atoms with E-state index in [-0.39, 0.29) is 12.5 Å². The monoisotopic (exact) mass is 269 g/mol. The molecule has 2 N–H and O–H groups in total. The fourth-order valence-corrected chi connectivity index (χ4v) is 4.21. The summed E-state index contributed by atoms with van der Waals surface area (Å²) in [6.45, 7) is 2.47. The normalized spacial score (nSPS) is 39.2. The molecule has 1 aliphatic carbocycles. The van der Waals surface area contributed by atoms with E-state index in [0.717, 1.165) is 0 Å². The molecule has 4 fully saturated rings. The van der Waals surface area contributed by atoms with E-state index in [2.05, 4.69) is 0 Å². The summed E-state index contributed by atoms with van der Waals surface area (Å²) in [5.41, 5.74) is -2.22. The minimum absolute atomic E-state index is 0.0152. The maximum absolute atomic E-state index is 11.7. The molecule has 0 unspecified atom stereocenters. The lowest BCUT2D eigenvalue weighted by molar-refractivity contribution is -0.161. The number of carbonyl (C=O) groups excluding carboxylic acids is 1. The van der Waals surface area contributed by atoms with Crippen molar-refractivity contribution in [3.05, 3.63) is 0 Å². The van der Waals surface area contributed by atoms with Crippen molar-refractivity contribution in [1.82, 2.24) is 4.90 Å². The highest BCUT2D eigenvalue weighted by Gasteiger charge is 2.78. The molecule has 0 aromatic rings. The van der Waals surface area contributed by atoms with Gasteiger partial charge < -0.3 is 19.8 Å². The van der Waals surface area contributed by atoms with Crippen LogP contribution in [0.2, 0.25) is 0 Å². The molecule has 3 aliphatic heterocycles. The Labute approximate surface area is 111 Å². The first kappa shape index (κ1) is 12.9. The Morgan fingerprint density at radius 1 is 1.26 bits per heavy atom. The zero-order valence-electron chi connectivity index (χ0n) is 11.0. The van der Waals surface area contributed by atoms with Gasteiger partial charge in [0.25, 0.3) is 0 Å². The SMILES string of the molecule is CC(=O)N1CCC2(CC1)OC1(CO)CC2(C(=O)O)C1. The van der Waals surface area contributed by atoms with Gasteiger partial charge in [0.15, 0.2) is 0 Å². The number of amides is 1. The third-order valence-corrected chi connectivity index (χ3v) is 5.25. The van der Waals surface area contributed by atoms with Crippen LogP contribution in [0, 0.1) is 5.41 Å². The molecule has 4 rings (SSSR count). The highest BCUT2D eigenvalue weighted by atomic mass is 16.6. The number of aliphatic carboxylic acids is 1. The molecule has 3 saturated heterocycles. The number of piperidine rings is 1. The summed E-state index contributed by atoms with van der Waals surface area (Å²) in [6, 6.07) is 0. The van der Waals surface area contributed by atoms with Gasteiger partial charge in [0.05, 0.1) is 17.8 Å². The van der Waals surface area contributed by atoms with Gasteiger partial charge in [-0.15, -0.1) is 0 Å². The van der Waals surface area contributed by atoms with Crippen LogP contribution in [-0.2, 0) is 14.3 Å². The van der Waals surface area contributed by atoms with Crippen molar-refractivity contribution in [2.75, 3.05) is 19.7 Å². The van der Waals surface area contributed by atoms with Crippen LogP contribution >= 0.6 is 0 Å². The molecule has 106 valence electrons. The quantitative estimate of drug-likeness (QED) is 0.736. The van der Waals surface area contributed by atoms with E-state index in [1.165, 1.54) is 6.92 Å². The number of carboxylic acids is 1. The molecule has 2 bridgehead atoms. The lowest BCUT2D eigenvalue weighted by Gasteiger charge is -2.47. The number of nitrogens with zero attached hydrogens (tertiary/aromatic N) is 1. The van der Waals surface area contributed by atoms with E-state index < -0.39 is 22.6 Å². The molecule has 0 aromatic carbocycles. The van der Waals surface area contributed by atoms with Crippen LogP contribution in [-0.4, -0.2) is 57.9 Å². The number of likely N-dealkylation sites (tertiary alicyclic amines) is 1. The fourth-order valence-electron chi connectivity index (χ4n) is 4.21. The molecule has 0 atom stereocenters. The van der Waals surface area contributed by atoms with Crippen molar-refractivity contribution < 1.29 is 24.5 Å². The Balaban J connectivity index is 1.85.